The average Bonchev–Trinajstić information content (AvgIpc) is 3.16. The van der Waals surface area contributed by atoms with Gasteiger partial charge < -0.3 is 9.47 Å². The minimum atomic E-state index is -0.749. The Bertz CT molecular complexity index is 994. The van der Waals surface area contributed by atoms with Crippen LogP contribution in [0.25, 0.3) is 0 Å². The molecule has 2 aromatic rings. The summed E-state index contributed by atoms with van der Waals surface area (Å²) in [4.78, 5) is 26.6. The molecule has 2 aliphatic rings. The Morgan fingerprint density at radius 1 is 1.18 bits per heavy atom. The maximum absolute atomic E-state index is 13.4. The van der Waals surface area contributed by atoms with E-state index in [9.17, 15) is 9.59 Å². The van der Waals surface area contributed by atoms with E-state index in [-0.39, 0.29) is 23.8 Å². The molecule has 5 atom stereocenters. The second-order valence-electron chi connectivity index (χ2n) is 10.4. The van der Waals surface area contributed by atoms with Crippen molar-refractivity contribution in [1.29, 1.82) is 0 Å². The molecular weight excluding hydrogens is 416 g/mol. The van der Waals surface area contributed by atoms with Crippen LogP contribution in [0.5, 0.6) is 5.75 Å². The summed E-state index contributed by atoms with van der Waals surface area (Å²) in [5.74, 6) is 0.780. The van der Waals surface area contributed by atoms with Gasteiger partial charge in [0.1, 0.15) is 17.8 Å². The van der Waals surface area contributed by atoms with Gasteiger partial charge in [0.15, 0.2) is 5.78 Å². The number of ketones is 1. The molecule has 1 aromatic heterocycles. The summed E-state index contributed by atoms with van der Waals surface area (Å²) in [7, 11) is 1.64. The van der Waals surface area contributed by atoms with Gasteiger partial charge in [0.2, 0.25) is 0 Å². The highest BCUT2D eigenvalue weighted by molar-refractivity contribution is 6.10. The monoisotopic (exact) mass is 452 g/mol. The third-order valence-electron chi connectivity index (χ3n) is 7.46. The minimum Gasteiger partial charge on any atom is -0.497 e. The van der Waals surface area contributed by atoms with E-state index in [4.69, 9.17) is 9.47 Å². The predicted molar refractivity (Wildman–Crippen MR) is 126 cm³/mol. The molecule has 178 valence electrons. The van der Waals surface area contributed by atoms with E-state index in [2.05, 4.69) is 25.9 Å². The predicted octanol–water partition coefficient (Wildman–Crippen LogP) is 4.94. The van der Waals surface area contributed by atoms with Crippen molar-refractivity contribution in [2.45, 2.75) is 66.0 Å². The van der Waals surface area contributed by atoms with Gasteiger partial charge in [-0.2, -0.15) is 5.10 Å². The largest absolute Gasteiger partial charge is 0.497 e. The van der Waals surface area contributed by atoms with E-state index in [1.807, 2.05) is 31.2 Å². The van der Waals surface area contributed by atoms with E-state index in [0.717, 1.165) is 29.8 Å². The zero-order valence-electron chi connectivity index (χ0n) is 20.4. The molecule has 6 heteroatoms. The third-order valence-corrected chi connectivity index (χ3v) is 7.46. The van der Waals surface area contributed by atoms with E-state index >= 15 is 0 Å². The van der Waals surface area contributed by atoms with Crippen molar-refractivity contribution in [2.75, 3.05) is 7.11 Å². The van der Waals surface area contributed by atoms with Crippen molar-refractivity contribution < 1.29 is 19.1 Å². The molecule has 1 heterocycles. The van der Waals surface area contributed by atoms with Gasteiger partial charge >= 0.3 is 5.97 Å². The molecule has 1 fully saturated rings. The van der Waals surface area contributed by atoms with Crippen molar-refractivity contribution in [3.8, 4) is 5.75 Å². The number of ether oxygens (including phenoxy) is 2. The van der Waals surface area contributed by atoms with Crippen LogP contribution in [0.2, 0.25) is 0 Å². The highest BCUT2D eigenvalue weighted by atomic mass is 16.5. The molecule has 0 N–H and O–H groups in total. The fraction of sp³-hybridized carbons (Fsp3) is 0.593. The molecule has 1 aromatic carbocycles. The molecule has 2 aliphatic carbocycles. The van der Waals surface area contributed by atoms with Gasteiger partial charge in [0.05, 0.1) is 24.9 Å². The van der Waals surface area contributed by atoms with Crippen LogP contribution in [0, 0.1) is 29.6 Å². The minimum absolute atomic E-state index is 0.0968. The van der Waals surface area contributed by atoms with Gasteiger partial charge in [0.25, 0.3) is 0 Å². The van der Waals surface area contributed by atoms with Crippen LogP contribution >= 0.6 is 0 Å². The zero-order chi connectivity index (χ0) is 23.7. The summed E-state index contributed by atoms with van der Waals surface area (Å²) >= 11 is 0. The molecule has 4 rings (SSSR count). The summed E-state index contributed by atoms with van der Waals surface area (Å²) in [6.45, 7) is 9.12. The fourth-order valence-electron chi connectivity index (χ4n) is 5.48. The summed E-state index contributed by atoms with van der Waals surface area (Å²) in [6.07, 6.45) is 5.42. The third kappa shape index (κ3) is 4.99. The molecule has 0 saturated heterocycles. The highest BCUT2D eigenvalue weighted by Crippen LogP contribution is 2.37. The molecule has 6 nitrogen and oxygen atoms in total. The van der Waals surface area contributed by atoms with Gasteiger partial charge in [0, 0.05) is 6.20 Å². The van der Waals surface area contributed by atoms with Gasteiger partial charge in [-0.1, -0.05) is 46.2 Å². The molecule has 33 heavy (non-hydrogen) atoms. The molecular formula is C27H36N2O4. The number of fused-ring (bicyclic) bond motifs is 1. The van der Waals surface area contributed by atoms with Crippen molar-refractivity contribution in [3.05, 3.63) is 47.3 Å². The number of nitrogens with zero attached hydrogens (tertiary/aromatic N) is 2. The van der Waals surface area contributed by atoms with Crippen LogP contribution in [0.3, 0.4) is 0 Å². The summed E-state index contributed by atoms with van der Waals surface area (Å²) in [5.41, 5.74) is 2.40. The first kappa shape index (κ1) is 23.5. The number of benzene rings is 1. The van der Waals surface area contributed by atoms with Crippen molar-refractivity contribution in [2.24, 2.45) is 29.6 Å². The van der Waals surface area contributed by atoms with Crippen LogP contribution in [-0.2, 0) is 22.5 Å². The molecule has 0 bridgehead atoms. The number of aromatic nitrogens is 2. The number of carbonyl (C=O) groups excluding carboxylic acids is 2. The second-order valence-corrected chi connectivity index (χ2v) is 10.4. The van der Waals surface area contributed by atoms with Crippen LogP contribution in [-0.4, -0.2) is 34.7 Å². The Morgan fingerprint density at radius 3 is 2.58 bits per heavy atom. The number of rotatable bonds is 6. The van der Waals surface area contributed by atoms with E-state index in [1.54, 1.807) is 18.0 Å². The van der Waals surface area contributed by atoms with Crippen LogP contribution in [0.4, 0.5) is 0 Å². The Balaban J connectivity index is 1.48. The average molecular weight is 453 g/mol. The van der Waals surface area contributed by atoms with Crippen LogP contribution in [0.15, 0.2) is 30.5 Å². The highest BCUT2D eigenvalue weighted by Gasteiger charge is 2.43. The maximum atomic E-state index is 13.4. The zero-order valence-corrected chi connectivity index (χ0v) is 20.4. The standard InChI is InChI=1S/C27H36N2O4/c1-16(2)21-11-6-17(3)12-24(21)33-27(31)25-18(4)13-23-22(26(25)30)15-29(28-23)14-19-7-9-20(32-5)10-8-19/h7-10,15-18,21,24-25H,6,11-14H2,1-5H3/t17-,18+,21+,24-,25-/m1/s1. The first-order chi connectivity index (χ1) is 15.8. The van der Waals surface area contributed by atoms with Crippen LogP contribution < -0.4 is 4.74 Å². The number of esters is 1. The molecule has 0 unspecified atom stereocenters. The van der Waals surface area contributed by atoms with E-state index in [1.165, 1.54) is 6.42 Å². The molecule has 0 amide bonds. The quantitative estimate of drug-likeness (QED) is 0.459. The molecule has 0 radical (unpaired) electrons. The van der Waals surface area contributed by atoms with Crippen molar-refractivity contribution in [1.82, 2.24) is 9.78 Å². The normalized spacial score (nSPS) is 27.3. The summed E-state index contributed by atoms with van der Waals surface area (Å²) in [5, 5.41) is 4.66. The number of Topliss-reactive ketones (excluding diaryl/α,β-unsaturated/α-hetero) is 1. The number of hydrogen-bond donors (Lipinski definition) is 0. The second kappa shape index (κ2) is 9.70. The Kier molecular flexibility index (Phi) is 6.91. The smallest absolute Gasteiger partial charge is 0.317 e. The number of carbonyl (C=O) groups is 2. The first-order valence-electron chi connectivity index (χ1n) is 12.2. The van der Waals surface area contributed by atoms with Gasteiger partial charge in [-0.25, -0.2) is 0 Å². The van der Waals surface area contributed by atoms with Crippen molar-refractivity contribution in [3.63, 3.8) is 0 Å². The maximum Gasteiger partial charge on any atom is 0.317 e. The lowest BCUT2D eigenvalue weighted by molar-refractivity contribution is -0.160. The lowest BCUT2D eigenvalue weighted by Crippen LogP contribution is -2.42. The Morgan fingerprint density at radius 2 is 1.91 bits per heavy atom. The number of methoxy groups -OCH3 is 1. The lowest BCUT2D eigenvalue weighted by Gasteiger charge is -2.38. The van der Waals surface area contributed by atoms with Gasteiger partial charge in [-0.15, -0.1) is 0 Å². The topological polar surface area (TPSA) is 70.4 Å². The summed E-state index contributed by atoms with van der Waals surface area (Å²) < 4.78 is 13.1. The van der Waals surface area contributed by atoms with E-state index < -0.39 is 5.92 Å². The fourth-order valence-corrected chi connectivity index (χ4v) is 5.48. The first-order valence-corrected chi connectivity index (χ1v) is 12.2. The molecule has 0 aliphatic heterocycles. The van der Waals surface area contributed by atoms with Gasteiger partial charge in [-0.3, -0.25) is 14.3 Å². The van der Waals surface area contributed by atoms with E-state index in [0.29, 0.717) is 36.3 Å². The van der Waals surface area contributed by atoms with Crippen LogP contribution in [0.1, 0.15) is 68.6 Å². The number of hydrogen-bond acceptors (Lipinski definition) is 5. The molecule has 0 spiro atoms. The van der Waals surface area contributed by atoms with Crippen molar-refractivity contribution >= 4 is 11.8 Å². The van der Waals surface area contributed by atoms with Gasteiger partial charge in [-0.05, 0) is 60.6 Å². The Labute approximate surface area is 196 Å². The lowest BCUT2D eigenvalue weighted by atomic mass is 9.75. The Hall–Kier alpha value is -2.63. The summed E-state index contributed by atoms with van der Waals surface area (Å²) in [6, 6.07) is 7.80. The molecule has 1 saturated carbocycles. The SMILES string of the molecule is COc1ccc(Cn2cc3c(n2)C[C@H](C)[C@@H](C(=O)O[C@@H]2C[C@H](C)CC[C@H]2C(C)C)C3=O)cc1.